The van der Waals surface area contributed by atoms with Gasteiger partial charge in [0.2, 0.25) is 0 Å². The van der Waals surface area contributed by atoms with Gasteiger partial charge in [-0.05, 0) is 24.3 Å². The first-order valence-electron chi connectivity index (χ1n) is 7.56. The highest BCUT2D eigenvalue weighted by molar-refractivity contribution is 7.22. The third-order valence-corrected chi connectivity index (χ3v) is 5.38. The molecular weight excluding hydrogens is 391 g/mol. The number of hydrogen-bond acceptors (Lipinski definition) is 7. The molecule has 0 saturated carbocycles. The average molecular weight is 403 g/mol. The second-order valence-corrected chi connectivity index (χ2v) is 7.14. The number of aromatic nitrogens is 3. The van der Waals surface area contributed by atoms with E-state index in [1.54, 1.807) is 18.2 Å². The van der Waals surface area contributed by atoms with Crippen LogP contribution in [0, 0.1) is 0 Å². The molecule has 0 atom stereocenters. The lowest BCUT2D eigenvalue weighted by molar-refractivity contribution is 1.17. The Balaban J connectivity index is 1.64. The Bertz CT molecular complexity index is 1060. The van der Waals surface area contributed by atoms with Gasteiger partial charge < -0.3 is 16.4 Å². The Morgan fingerprint density at radius 2 is 1.69 bits per heavy atom. The lowest BCUT2D eigenvalue weighted by atomic mass is 10.3. The fourth-order valence-corrected chi connectivity index (χ4v) is 3.56. The predicted molar refractivity (Wildman–Crippen MR) is 109 cm³/mol. The minimum atomic E-state index is 0.350. The van der Waals surface area contributed by atoms with E-state index in [2.05, 4.69) is 25.6 Å². The van der Waals surface area contributed by atoms with Crippen LogP contribution >= 0.6 is 34.5 Å². The SMILES string of the molecule is Nc1c(Nc2nc3ccccc3s2)ncnc1Nc1cccc(Cl)c1Cl. The first kappa shape index (κ1) is 16.8. The van der Waals surface area contributed by atoms with Crippen molar-refractivity contribution in [2.75, 3.05) is 16.4 Å². The summed E-state index contributed by atoms with van der Waals surface area (Å²) in [6, 6.07) is 13.2. The van der Waals surface area contributed by atoms with Crippen molar-refractivity contribution in [2.45, 2.75) is 0 Å². The summed E-state index contributed by atoms with van der Waals surface area (Å²) in [6.45, 7) is 0. The molecule has 0 aliphatic heterocycles. The summed E-state index contributed by atoms with van der Waals surface area (Å²) in [6.07, 6.45) is 1.41. The molecular formula is C17H12Cl2N6S. The number of rotatable bonds is 4. The zero-order valence-corrected chi connectivity index (χ0v) is 15.5. The Morgan fingerprint density at radius 3 is 2.50 bits per heavy atom. The lowest BCUT2D eigenvalue weighted by Gasteiger charge is -2.12. The van der Waals surface area contributed by atoms with Gasteiger partial charge in [-0.3, -0.25) is 0 Å². The molecule has 0 aliphatic rings. The van der Waals surface area contributed by atoms with E-state index in [0.717, 1.165) is 10.2 Å². The maximum absolute atomic E-state index is 6.21. The van der Waals surface area contributed by atoms with Crippen LogP contribution in [0.15, 0.2) is 48.8 Å². The number of nitrogens with one attached hydrogen (secondary N) is 2. The Labute approximate surface area is 163 Å². The Kier molecular flexibility index (Phi) is 4.50. The number of nitrogens with zero attached hydrogens (tertiary/aromatic N) is 3. The molecule has 0 fully saturated rings. The highest BCUT2D eigenvalue weighted by Crippen LogP contribution is 2.35. The van der Waals surface area contributed by atoms with Crippen molar-refractivity contribution in [3.05, 3.63) is 58.8 Å². The normalized spacial score (nSPS) is 10.8. The summed E-state index contributed by atoms with van der Waals surface area (Å²) < 4.78 is 1.08. The van der Waals surface area contributed by atoms with Gasteiger partial charge in [0.25, 0.3) is 0 Å². The van der Waals surface area contributed by atoms with E-state index in [1.807, 2.05) is 24.3 Å². The topological polar surface area (TPSA) is 88.8 Å². The second-order valence-electron chi connectivity index (χ2n) is 5.32. The number of nitrogens with two attached hydrogens (primary N) is 1. The van der Waals surface area contributed by atoms with Gasteiger partial charge in [-0.15, -0.1) is 0 Å². The molecule has 0 amide bonds. The average Bonchev–Trinajstić information content (AvgIpc) is 3.04. The number of nitrogen functional groups attached to an aromatic ring is 1. The number of thiazole rings is 1. The third-order valence-electron chi connectivity index (χ3n) is 3.61. The van der Waals surface area contributed by atoms with E-state index in [1.165, 1.54) is 17.7 Å². The van der Waals surface area contributed by atoms with Crippen molar-refractivity contribution >= 4 is 72.9 Å². The Hall–Kier alpha value is -2.61. The van der Waals surface area contributed by atoms with Crippen LogP contribution in [-0.4, -0.2) is 15.0 Å². The molecule has 9 heteroatoms. The van der Waals surface area contributed by atoms with Crippen LogP contribution in [0.4, 0.5) is 28.1 Å². The fourth-order valence-electron chi connectivity index (χ4n) is 2.35. The molecule has 0 saturated heterocycles. The lowest BCUT2D eigenvalue weighted by Crippen LogP contribution is -2.05. The number of benzene rings is 2. The maximum atomic E-state index is 6.21. The van der Waals surface area contributed by atoms with Gasteiger partial charge >= 0.3 is 0 Å². The van der Waals surface area contributed by atoms with E-state index >= 15 is 0 Å². The molecule has 0 aliphatic carbocycles. The van der Waals surface area contributed by atoms with Gasteiger partial charge in [0.1, 0.15) is 12.0 Å². The van der Waals surface area contributed by atoms with Gasteiger partial charge in [0.15, 0.2) is 16.8 Å². The van der Waals surface area contributed by atoms with E-state index in [0.29, 0.717) is 38.2 Å². The van der Waals surface area contributed by atoms with Crippen molar-refractivity contribution in [1.29, 1.82) is 0 Å². The van der Waals surface area contributed by atoms with Gasteiger partial charge in [0.05, 0.1) is 25.9 Å². The Morgan fingerprint density at radius 1 is 0.923 bits per heavy atom. The number of para-hydroxylation sites is 1. The van der Waals surface area contributed by atoms with Crippen LogP contribution in [-0.2, 0) is 0 Å². The van der Waals surface area contributed by atoms with Crippen molar-refractivity contribution < 1.29 is 0 Å². The molecule has 2 heterocycles. The van der Waals surface area contributed by atoms with Crippen LogP contribution in [0.3, 0.4) is 0 Å². The van der Waals surface area contributed by atoms with Crippen molar-refractivity contribution in [3.8, 4) is 0 Å². The molecule has 4 rings (SSSR count). The first-order valence-corrected chi connectivity index (χ1v) is 9.13. The van der Waals surface area contributed by atoms with Crippen LogP contribution in [0.25, 0.3) is 10.2 Å². The molecule has 0 bridgehead atoms. The summed E-state index contributed by atoms with van der Waals surface area (Å²) >= 11 is 13.8. The number of hydrogen-bond donors (Lipinski definition) is 3. The molecule has 6 nitrogen and oxygen atoms in total. The number of fused-ring (bicyclic) bond motifs is 1. The largest absolute Gasteiger partial charge is 0.393 e. The minimum absolute atomic E-state index is 0.350. The molecule has 26 heavy (non-hydrogen) atoms. The van der Waals surface area contributed by atoms with Crippen LogP contribution in [0.2, 0.25) is 10.0 Å². The summed E-state index contributed by atoms with van der Waals surface area (Å²) in [5.74, 6) is 0.882. The van der Waals surface area contributed by atoms with Crippen molar-refractivity contribution in [1.82, 2.24) is 15.0 Å². The zero-order chi connectivity index (χ0) is 18.1. The first-order chi connectivity index (χ1) is 12.6. The van der Waals surface area contributed by atoms with Gasteiger partial charge in [-0.25, -0.2) is 15.0 Å². The van der Waals surface area contributed by atoms with Gasteiger partial charge in [0, 0.05) is 0 Å². The highest BCUT2D eigenvalue weighted by Gasteiger charge is 2.13. The molecule has 0 radical (unpaired) electrons. The maximum Gasteiger partial charge on any atom is 0.189 e. The van der Waals surface area contributed by atoms with Crippen molar-refractivity contribution in [3.63, 3.8) is 0 Å². The summed E-state index contributed by atoms with van der Waals surface area (Å²) in [5, 5.41) is 7.77. The van der Waals surface area contributed by atoms with Crippen molar-refractivity contribution in [2.24, 2.45) is 0 Å². The fraction of sp³-hybridized carbons (Fsp3) is 0. The molecule has 130 valence electrons. The molecule has 2 aromatic carbocycles. The smallest absolute Gasteiger partial charge is 0.189 e. The molecule has 4 N–H and O–H groups in total. The number of halogens is 2. The molecule has 0 unspecified atom stereocenters. The molecule has 4 aromatic rings. The summed E-state index contributed by atoms with van der Waals surface area (Å²) in [4.78, 5) is 12.9. The van der Waals surface area contributed by atoms with E-state index in [-0.39, 0.29) is 0 Å². The second kappa shape index (κ2) is 6.95. The third kappa shape index (κ3) is 3.24. The van der Waals surface area contributed by atoms with Gasteiger partial charge in [-0.1, -0.05) is 52.7 Å². The summed E-state index contributed by atoms with van der Waals surface area (Å²) in [7, 11) is 0. The van der Waals surface area contributed by atoms with Gasteiger partial charge in [-0.2, -0.15) is 0 Å². The van der Waals surface area contributed by atoms with E-state index < -0.39 is 0 Å². The van der Waals surface area contributed by atoms with Crippen LogP contribution < -0.4 is 16.4 Å². The molecule has 2 aromatic heterocycles. The standard InChI is InChI=1S/C17H12Cl2N6S/c18-9-4-3-6-11(13(9)19)23-15-14(20)16(22-8-21-15)25-17-24-10-5-1-2-7-12(10)26-17/h1-8H,20H2,(H2,21,22,23,24,25). The van der Waals surface area contributed by atoms with Crippen LogP contribution in [0.1, 0.15) is 0 Å². The minimum Gasteiger partial charge on any atom is -0.393 e. The zero-order valence-electron chi connectivity index (χ0n) is 13.2. The quantitative estimate of drug-likeness (QED) is 0.419. The monoisotopic (exact) mass is 402 g/mol. The summed E-state index contributed by atoms with van der Waals surface area (Å²) in [5.41, 5.74) is 8.08. The molecule has 0 spiro atoms. The predicted octanol–water partition coefficient (Wildman–Crippen LogP) is 5.46. The number of anilines is 5. The highest BCUT2D eigenvalue weighted by atomic mass is 35.5. The van der Waals surface area contributed by atoms with E-state index in [9.17, 15) is 0 Å². The van der Waals surface area contributed by atoms with Crippen LogP contribution in [0.5, 0.6) is 0 Å². The van der Waals surface area contributed by atoms with E-state index in [4.69, 9.17) is 28.9 Å².